The number of carbonyl (C=O) groups excluding carboxylic acids is 2. The van der Waals surface area contributed by atoms with Crippen molar-refractivity contribution in [3.63, 3.8) is 0 Å². The number of allylic oxidation sites excluding steroid dienone is 5. The first-order chi connectivity index (χ1) is 27.7. The van der Waals surface area contributed by atoms with Gasteiger partial charge in [-0.1, -0.05) is 108 Å². The second-order valence-corrected chi connectivity index (χ2v) is 18.0. The molecule has 0 saturated heterocycles. The van der Waals surface area contributed by atoms with Gasteiger partial charge in [-0.05, 0) is 76.3 Å². The maximum absolute atomic E-state index is 12.8. The summed E-state index contributed by atoms with van der Waals surface area (Å²) in [6.45, 7) is 8.33. The van der Waals surface area contributed by atoms with E-state index in [4.69, 9.17) is 22.9 Å². The number of aryl methyl sites for hydroxylation is 2. The van der Waals surface area contributed by atoms with Crippen molar-refractivity contribution in [1.82, 2.24) is 0 Å². The molecule has 0 fully saturated rings. The normalized spacial score (nSPS) is 14.4. The predicted molar refractivity (Wildman–Crippen MR) is 234 cm³/mol. The molecule has 58 heavy (non-hydrogen) atoms. The first-order valence-electron chi connectivity index (χ1n) is 22.2. The third-order valence-electron chi connectivity index (χ3n) is 9.95. The average molecular weight is 839 g/mol. The number of rotatable bonds is 36. The van der Waals surface area contributed by atoms with Crippen LogP contribution in [-0.4, -0.2) is 86.1 Å². The molecular formula is C46H81NO10P+. The molecule has 1 aromatic heterocycles. The lowest BCUT2D eigenvalue weighted by atomic mass is 10.0. The topological polar surface area (TPSA) is 142 Å². The highest BCUT2D eigenvalue weighted by Gasteiger charge is 2.27. The fourth-order valence-electron chi connectivity index (χ4n) is 6.19. The van der Waals surface area contributed by atoms with Gasteiger partial charge in [-0.25, -0.2) is 4.57 Å². The highest BCUT2D eigenvalue weighted by molar-refractivity contribution is 7.47. The lowest BCUT2D eigenvalue weighted by Crippen LogP contribution is -2.37. The molecular weight excluding hydrogens is 757 g/mol. The number of carbonyl (C=O) groups is 2. The van der Waals surface area contributed by atoms with Crippen LogP contribution in [0.5, 0.6) is 0 Å². The van der Waals surface area contributed by atoms with Gasteiger partial charge in [0.15, 0.2) is 6.10 Å². The number of nitrogens with zero attached hydrogens (tertiary/aromatic N) is 1. The minimum atomic E-state index is -4.44. The molecule has 11 nitrogen and oxygen atoms in total. The second-order valence-electron chi connectivity index (χ2n) is 16.5. The van der Waals surface area contributed by atoms with Crippen molar-refractivity contribution in [3.05, 3.63) is 59.1 Å². The quantitative estimate of drug-likeness (QED) is 0.0167. The molecule has 0 aliphatic heterocycles. The number of hydrogen-bond donors (Lipinski definition) is 2. The molecule has 0 aliphatic rings. The molecule has 2 unspecified atom stereocenters. The zero-order valence-electron chi connectivity index (χ0n) is 37.4. The Bertz CT molecular complexity index is 1380. The van der Waals surface area contributed by atoms with Crippen molar-refractivity contribution in [1.29, 1.82) is 0 Å². The van der Waals surface area contributed by atoms with Gasteiger partial charge in [0, 0.05) is 25.7 Å². The van der Waals surface area contributed by atoms with E-state index < -0.39 is 38.6 Å². The fraction of sp³-hybridized carbons (Fsp3) is 0.739. The minimum Gasteiger partial charge on any atom is -0.466 e. The Labute approximate surface area is 351 Å². The van der Waals surface area contributed by atoms with Crippen LogP contribution in [0.4, 0.5) is 0 Å². The second kappa shape index (κ2) is 32.3. The first kappa shape index (κ1) is 53.5. The average Bonchev–Trinajstić information content (AvgIpc) is 3.42. The summed E-state index contributed by atoms with van der Waals surface area (Å²) in [6.07, 6.45) is 29.5. The Hall–Kier alpha value is -2.53. The maximum atomic E-state index is 12.8. The van der Waals surface area contributed by atoms with Gasteiger partial charge in [-0.15, -0.1) is 0 Å². The van der Waals surface area contributed by atoms with Crippen LogP contribution < -0.4 is 0 Å². The van der Waals surface area contributed by atoms with Gasteiger partial charge < -0.3 is 28.4 Å². The number of ether oxygens (including phenoxy) is 2. The maximum Gasteiger partial charge on any atom is 0.472 e. The number of furan rings is 1. The van der Waals surface area contributed by atoms with E-state index in [-0.39, 0.29) is 26.1 Å². The molecule has 0 amide bonds. The van der Waals surface area contributed by atoms with Crippen LogP contribution in [0.1, 0.15) is 158 Å². The summed E-state index contributed by atoms with van der Waals surface area (Å²) in [5.74, 6) is 1.18. The molecule has 0 saturated carbocycles. The van der Waals surface area contributed by atoms with Gasteiger partial charge in [-0.2, -0.15) is 0 Å². The van der Waals surface area contributed by atoms with Gasteiger partial charge in [0.05, 0.1) is 33.9 Å². The molecule has 0 radical (unpaired) electrons. The number of aliphatic hydroxyl groups excluding tert-OH is 1. The van der Waals surface area contributed by atoms with E-state index in [0.29, 0.717) is 30.3 Å². The number of unbranched alkanes of at least 4 members (excludes halogenated alkanes) is 11. The monoisotopic (exact) mass is 839 g/mol. The molecule has 0 bridgehead atoms. The number of phosphoric acid groups is 1. The van der Waals surface area contributed by atoms with Gasteiger partial charge in [0.2, 0.25) is 0 Å². The molecule has 1 rings (SSSR count). The van der Waals surface area contributed by atoms with E-state index >= 15 is 0 Å². The van der Waals surface area contributed by atoms with Crippen LogP contribution in [0.15, 0.2) is 40.9 Å². The fourth-order valence-corrected chi connectivity index (χ4v) is 6.93. The summed E-state index contributed by atoms with van der Waals surface area (Å²) in [6, 6.07) is 0. The summed E-state index contributed by atoms with van der Waals surface area (Å²) in [4.78, 5) is 35.5. The van der Waals surface area contributed by atoms with Gasteiger partial charge in [-0.3, -0.25) is 18.6 Å². The Morgan fingerprint density at radius 2 is 1.38 bits per heavy atom. The van der Waals surface area contributed by atoms with Crippen LogP contribution in [-0.2, 0) is 45.5 Å². The van der Waals surface area contributed by atoms with Crippen molar-refractivity contribution in [3.8, 4) is 0 Å². The van der Waals surface area contributed by atoms with Gasteiger partial charge in [0.25, 0.3) is 0 Å². The zero-order valence-corrected chi connectivity index (χ0v) is 38.2. The number of esters is 2. The highest BCUT2D eigenvalue weighted by atomic mass is 31.2. The molecule has 2 N–H and O–H groups in total. The summed E-state index contributed by atoms with van der Waals surface area (Å²) in [7, 11) is 1.34. The van der Waals surface area contributed by atoms with Crippen LogP contribution in [0.25, 0.3) is 0 Å². The van der Waals surface area contributed by atoms with E-state index in [9.17, 15) is 24.2 Å². The summed E-state index contributed by atoms with van der Waals surface area (Å²) in [5.41, 5.74) is 2.55. The van der Waals surface area contributed by atoms with Crippen molar-refractivity contribution in [2.45, 2.75) is 175 Å². The Kier molecular flexibility index (Phi) is 29.8. The lowest BCUT2D eigenvalue weighted by molar-refractivity contribution is -0.870. The summed E-state index contributed by atoms with van der Waals surface area (Å²) in [5, 5.41) is 10.3. The van der Waals surface area contributed by atoms with E-state index in [1.165, 1.54) is 49.7 Å². The van der Waals surface area contributed by atoms with Crippen molar-refractivity contribution < 1.29 is 51.6 Å². The third-order valence-corrected chi connectivity index (χ3v) is 10.9. The number of quaternary nitrogens is 1. The van der Waals surface area contributed by atoms with E-state index in [0.717, 1.165) is 75.7 Å². The predicted octanol–water partition coefficient (Wildman–Crippen LogP) is 10.8. The number of aliphatic hydroxyl groups is 1. The largest absolute Gasteiger partial charge is 0.472 e. The molecule has 3 atom stereocenters. The Morgan fingerprint density at radius 1 is 0.741 bits per heavy atom. The van der Waals surface area contributed by atoms with E-state index in [1.54, 1.807) is 6.08 Å². The zero-order chi connectivity index (χ0) is 43.1. The summed E-state index contributed by atoms with van der Waals surface area (Å²) >= 11 is 0. The number of likely N-dealkylation sites (N-methyl/N-ethyl adjacent to an activating group) is 1. The Balaban J connectivity index is 2.45. The molecule has 12 heteroatoms. The molecule has 1 heterocycles. The van der Waals surface area contributed by atoms with Gasteiger partial charge in [0.1, 0.15) is 31.3 Å². The molecule has 0 aromatic carbocycles. The van der Waals surface area contributed by atoms with E-state index in [2.05, 4.69) is 39.8 Å². The number of hydrogen-bond acceptors (Lipinski definition) is 9. The van der Waals surface area contributed by atoms with Crippen LogP contribution in [0.3, 0.4) is 0 Å². The molecule has 0 spiro atoms. The van der Waals surface area contributed by atoms with Crippen LogP contribution in [0.2, 0.25) is 0 Å². The van der Waals surface area contributed by atoms with Gasteiger partial charge >= 0.3 is 19.8 Å². The van der Waals surface area contributed by atoms with Crippen molar-refractivity contribution >= 4 is 19.8 Å². The smallest absolute Gasteiger partial charge is 0.466 e. The molecule has 1 aromatic rings. The third kappa shape index (κ3) is 28.8. The molecule has 0 aliphatic carbocycles. The highest BCUT2D eigenvalue weighted by Crippen LogP contribution is 2.43. The Morgan fingerprint density at radius 3 is 2.07 bits per heavy atom. The molecule has 334 valence electrons. The van der Waals surface area contributed by atoms with E-state index in [1.807, 2.05) is 39.4 Å². The van der Waals surface area contributed by atoms with Crippen molar-refractivity contribution in [2.24, 2.45) is 0 Å². The standard InChI is InChI=1S/C46H80NO10P/c1-8-10-11-12-13-14-15-16-17-18-19-22-25-30-41(48)31-28-34-45(49)53-37-42(38-55-58(51,52)54-36-35-47(5,6)7)56-46(50)33-27-24-21-20-23-26-32-44-40(4)39(3)43(57-44)29-9-2/h16-17,19,22,25,30,41-42,48H,8-15,18,20-21,23-24,26-29,31-38H2,1-7H3/p+1/b17-16+,22-19+,30-25+/t41?,42-/m1/s1. The first-order valence-corrected chi connectivity index (χ1v) is 23.7. The van der Waals surface area contributed by atoms with Crippen LogP contribution in [0, 0.1) is 13.8 Å². The number of phosphoric ester groups is 1. The summed E-state index contributed by atoms with van der Waals surface area (Å²) < 4.78 is 40.3. The van der Waals surface area contributed by atoms with Crippen LogP contribution >= 0.6 is 7.82 Å². The lowest BCUT2D eigenvalue weighted by Gasteiger charge is -2.24. The van der Waals surface area contributed by atoms with Crippen molar-refractivity contribution in [2.75, 3.05) is 47.5 Å². The minimum absolute atomic E-state index is 0.00715. The SMILES string of the molecule is CCCCCCCC/C=C/C/C=C/C=C/C(O)CCCC(=O)OC[C@H](COP(=O)(O)OCC[N+](C)(C)C)OC(=O)CCCCCCCCc1oc(CCC)c(C)c1C.